The maximum Gasteiger partial charge on any atom is 0.338 e. The molecular weight excluding hydrogens is 434 g/mol. The molecule has 0 aliphatic carbocycles. The fourth-order valence-corrected chi connectivity index (χ4v) is 4.28. The molecule has 0 aliphatic rings. The summed E-state index contributed by atoms with van der Waals surface area (Å²) in [4.78, 5) is 16.0. The maximum absolute atomic E-state index is 14.6. The number of rotatable bonds is 8. The molecule has 3 aromatic heterocycles. The Morgan fingerprint density at radius 3 is 2.73 bits per heavy atom. The van der Waals surface area contributed by atoms with Gasteiger partial charge in [0.05, 0.1) is 30.9 Å². The van der Waals surface area contributed by atoms with Gasteiger partial charge in [-0.05, 0) is 18.2 Å². The molecule has 8 nitrogen and oxygen atoms in total. The number of H-pyrrole nitrogens is 1. The van der Waals surface area contributed by atoms with Crippen molar-refractivity contribution in [1.82, 2.24) is 19.7 Å². The molecule has 4 rings (SSSR count). The number of fused-ring (bicyclic) bond motifs is 2. The zero-order chi connectivity index (χ0) is 23.9. The Balaban J connectivity index is 2.14. The Morgan fingerprint density at radius 1 is 1.30 bits per heavy atom. The molecule has 0 aliphatic heterocycles. The fraction of sp³-hybridized carbons (Fsp3) is 0.348. The lowest BCUT2D eigenvalue weighted by Crippen LogP contribution is -2.29. The lowest BCUT2D eigenvalue weighted by atomic mass is 9.86. The molecule has 1 aromatic carbocycles. The molecule has 2 N–H and O–H groups in total. The van der Waals surface area contributed by atoms with E-state index >= 15 is 0 Å². The minimum absolute atomic E-state index is 0.0395. The van der Waals surface area contributed by atoms with Crippen LogP contribution < -0.4 is 4.74 Å². The fourth-order valence-electron chi connectivity index (χ4n) is 4.28. The van der Waals surface area contributed by atoms with E-state index in [9.17, 15) is 18.7 Å². The predicted molar refractivity (Wildman–Crippen MR) is 118 cm³/mol. The van der Waals surface area contributed by atoms with Crippen LogP contribution in [0.5, 0.6) is 5.75 Å². The first-order valence-corrected chi connectivity index (χ1v) is 10.3. The summed E-state index contributed by atoms with van der Waals surface area (Å²) in [6.45, 7) is 4.08. The first-order valence-electron chi connectivity index (χ1n) is 10.3. The number of halogens is 2. The number of carbonyl (C=O) groups is 1. The van der Waals surface area contributed by atoms with E-state index in [2.05, 4.69) is 15.2 Å². The molecule has 10 heteroatoms. The van der Waals surface area contributed by atoms with Gasteiger partial charge in [-0.1, -0.05) is 13.8 Å². The Kier molecular flexibility index (Phi) is 5.79. The van der Waals surface area contributed by atoms with E-state index in [0.29, 0.717) is 39.0 Å². The van der Waals surface area contributed by atoms with Crippen molar-refractivity contribution in [2.24, 2.45) is 0 Å². The molecule has 0 radical (unpaired) electrons. The third-order valence-electron chi connectivity index (χ3n) is 5.63. The normalized spacial score (nSPS) is 13.0. The van der Waals surface area contributed by atoms with Crippen LogP contribution in [0.4, 0.5) is 8.78 Å². The molecule has 1 atom stereocenters. The number of alkyl halides is 1. The maximum atomic E-state index is 14.6. The van der Waals surface area contributed by atoms with Gasteiger partial charge in [-0.15, -0.1) is 0 Å². The van der Waals surface area contributed by atoms with Crippen molar-refractivity contribution < 1.29 is 28.2 Å². The molecule has 0 bridgehead atoms. The van der Waals surface area contributed by atoms with Gasteiger partial charge in [0, 0.05) is 47.3 Å². The number of hydrogen-bond donors (Lipinski definition) is 2. The number of methoxy groups -OCH3 is 2. The molecule has 33 heavy (non-hydrogen) atoms. The predicted octanol–water partition coefficient (Wildman–Crippen LogP) is 3.94. The number of nitrogens with zero attached hydrogens (tertiary/aromatic N) is 3. The summed E-state index contributed by atoms with van der Waals surface area (Å²) in [5.41, 5.74) is 2.43. The SMILES string of the molecule is COCC(C)(C)c1c(C[C@H](F)C(=O)O)c2nc3[nH]ncc3cc2n1-c1ccc(F)c(OC)c1. The van der Waals surface area contributed by atoms with Crippen molar-refractivity contribution in [3.63, 3.8) is 0 Å². The molecule has 0 amide bonds. The summed E-state index contributed by atoms with van der Waals surface area (Å²) in [6, 6.07) is 6.23. The second-order valence-electron chi connectivity index (χ2n) is 8.47. The smallest absolute Gasteiger partial charge is 0.338 e. The lowest BCUT2D eigenvalue weighted by molar-refractivity contribution is -0.142. The summed E-state index contributed by atoms with van der Waals surface area (Å²) in [5.74, 6) is -2.05. The number of hydrogen-bond acceptors (Lipinski definition) is 5. The highest BCUT2D eigenvalue weighted by Gasteiger charge is 2.34. The standard InChI is InChI=1S/C23H24F2N4O4/c1-23(2,11-32-3)20-14(9-16(25)22(30)31)19-17(7-12-10-26-28-21(12)27-19)29(20)13-5-6-15(24)18(8-13)33-4/h5-8,10,16H,9,11H2,1-4H3,(H,30,31)(H,26,27,28)/t16-/m0/s1. The van der Waals surface area contributed by atoms with Crippen molar-refractivity contribution >= 4 is 28.0 Å². The summed E-state index contributed by atoms with van der Waals surface area (Å²) >= 11 is 0. The number of benzene rings is 1. The number of carboxylic acids is 1. The van der Waals surface area contributed by atoms with Gasteiger partial charge in [-0.2, -0.15) is 5.10 Å². The second kappa shape index (κ2) is 8.43. The van der Waals surface area contributed by atoms with E-state index < -0.39 is 29.8 Å². The molecule has 0 saturated heterocycles. The topological polar surface area (TPSA) is 102 Å². The van der Waals surface area contributed by atoms with Crippen molar-refractivity contribution in [3.05, 3.63) is 47.5 Å². The summed E-state index contributed by atoms with van der Waals surface area (Å²) in [5, 5.41) is 16.8. The molecule has 174 valence electrons. The average Bonchev–Trinajstić information content (AvgIpc) is 3.35. The zero-order valence-electron chi connectivity index (χ0n) is 18.6. The molecule has 3 heterocycles. The summed E-state index contributed by atoms with van der Waals surface area (Å²) < 4.78 is 41.2. The number of aliphatic carboxylic acids is 1. The van der Waals surface area contributed by atoms with Crippen LogP contribution >= 0.6 is 0 Å². The van der Waals surface area contributed by atoms with Crippen molar-refractivity contribution in [2.45, 2.75) is 31.9 Å². The number of pyridine rings is 1. The number of nitrogens with one attached hydrogen (secondary N) is 1. The van der Waals surface area contributed by atoms with E-state index in [1.807, 2.05) is 24.5 Å². The molecule has 0 fully saturated rings. The van der Waals surface area contributed by atoms with Crippen molar-refractivity contribution in [1.29, 1.82) is 0 Å². The van der Waals surface area contributed by atoms with E-state index in [1.54, 1.807) is 19.4 Å². The Morgan fingerprint density at radius 2 is 2.06 bits per heavy atom. The van der Waals surface area contributed by atoms with Gasteiger partial charge in [0.2, 0.25) is 6.17 Å². The van der Waals surface area contributed by atoms with Crippen LogP contribution in [0.15, 0.2) is 30.5 Å². The van der Waals surface area contributed by atoms with Crippen LogP contribution in [-0.2, 0) is 21.4 Å². The first-order chi connectivity index (χ1) is 15.7. The van der Waals surface area contributed by atoms with Gasteiger partial charge in [-0.3, -0.25) is 5.10 Å². The Hall–Kier alpha value is -3.53. The Labute approximate surface area is 188 Å². The van der Waals surface area contributed by atoms with Crippen LogP contribution in [0.25, 0.3) is 27.8 Å². The minimum atomic E-state index is -2.14. The van der Waals surface area contributed by atoms with Crippen LogP contribution in [0.1, 0.15) is 25.1 Å². The third-order valence-corrected chi connectivity index (χ3v) is 5.63. The van der Waals surface area contributed by atoms with Gasteiger partial charge < -0.3 is 19.1 Å². The van der Waals surface area contributed by atoms with E-state index in [4.69, 9.17) is 9.47 Å². The molecule has 0 unspecified atom stereocenters. The highest BCUT2D eigenvalue weighted by molar-refractivity contribution is 5.94. The van der Waals surface area contributed by atoms with Gasteiger partial charge in [-0.25, -0.2) is 18.6 Å². The summed E-state index contributed by atoms with van der Waals surface area (Å²) in [7, 11) is 2.92. The largest absolute Gasteiger partial charge is 0.494 e. The van der Waals surface area contributed by atoms with Crippen LogP contribution in [0, 0.1) is 5.82 Å². The van der Waals surface area contributed by atoms with Gasteiger partial charge in [0.15, 0.2) is 17.2 Å². The monoisotopic (exact) mass is 458 g/mol. The van der Waals surface area contributed by atoms with E-state index in [0.717, 1.165) is 0 Å². The van der Waals surface area contributed by atoms with Gasteiger partial charge >= 0.3 is 5.97 Å². The van der Waals surface area contributed by atoms with E-state index in [-0.39, 0.29) is 12.4 Å². The highest BCUT2D eigenvalue weighted by atomic mass is 19.1. The van der Waals surface area contributed by atoms with Gasteiger partial charge in [0.25, 0.3) is 0 Å². The third kappa shape index (κ3) is 3.91. The van der Waals surface area contributed by atoms with Crippen LogP contribution in [-0.4, -0.2) is 57.8 Å². The van der Waals surface area contributed by atoms with Crippen molar-refractivity contribution in [3.8, 4) is 11.4 Å². The number of aromatic amines is 1. The molecule has 0 saturated carbocycles. The van der Waals surface area contributed by atoms with Crippen LogP contribution in [0.3, 0.4) is 0 Å². The molecular formula is C23H24F2N4O4. The lowest BCUT2D eigenvalue weighted by Gasteiger charge is -2.28. The zero-order valence-corrected chi connectivity index (χ0v) is 18.6. The number of carboxylic acid groups (broad SMARTS) is 1. The van der Waals surface area contributed by atoms with E-state index in [1.165, 1.54) is 19.2 Å². The highest BCUT2D eigenvalue weighted by Crippen LogP contribution is 2.39. The number of ether oxygens (including phenoxy) is 2. The molecule has 4 aromatic rings. The summed E-state index contributed by atoms with van der Waals surface area (Å²) in [6.07, 6.45) is -0.922. The molecule has 0 spiro atoms. The Bertz CT molecular complexity index is 1350. The van der Waals surface area contributed by atoms with Crippen molar-refractivity contribution in [2.75, 3.05) is 20.8 Å². The minimum Gasteiger partial charge on any atom is -0.494 e. The van der Waals surface area contributed by atoms with Crippen LogP contribution in [0.2, 0.25) is 0 Å². The quantitative estimate of drug-likeness (QED) is 0.415. The first kappa shape index (κ1) is 22.7. The second-order valence-corrected chi connectivity index (χ2v) is 8.47. The number of aromatic nitrogens is 4. The van der Waals surface area contributed by atoms with Gasteiger partial charge in [0.1, 0.15) is 0 Å². The average molecular weight is 458 g/mol.